The van der Waals surface area contributed by atoms with E-state index < -0.39 is 11.9 Å². The second-order valence-corrected chi connectivity index (χ2v) is 10.6. The zero-order valence-corrected chi connectivity index (χ0v) is 22.5. The van der Waals surface area contributed by atoms with Gasteiger partial charge in [-0.15, -0.1) is 0 Å². The predicted molar refractivity (Wildman–Crippen MR) is 144 cm³/mol. The fourth-order valence-electron chi connectivity index (χ4n) is 4.77. The van der Waals surface area contributed by atoms with Gasteiger partial charge >= 0.3 is 0 Å². The number of rotatable bonds is 5. The highest BCUT2D eigenvalue weighted by Crippen LogP contribution is 2.27. The number of pyridine rings is 2. The Morgan fingerprint density at radius 2 is 1.81 bits per heavy atom. The minimum Gasteiger partial charge on any atom is -0.367 e. The summed E-state index contributed by atoms with van der Waals surface area (Å²) in [6.07, 6.45) is 4.73. The number of fused-ring (bicyclic) bond motifs is 1. The summed E-state index contributed by atoms with van der Waals surface area (Å²) < 4.78 is 0. The molecule has 4 rings (SSSR count). The molecule has 2 aromatic rings. The highest BCUT2D eigenvalue weighted by molar-refractivity contribution is 7.82. The van der Waals surface area contributed by atoms with Crippen LogP contribution in [0, 0.1) is 5.92 Å². The molecule has 196 valence electrons. The minimum atomic E-state index is -0.522. The summed E-state index contributed by atoms with van der Waals surface area (Å²) in [6.45, 7) is 1.56. The number of aromatic nitrogens is 2. The van der Waals surface area contributed by atoms with Crippen molar-refractivity contribution < 1.29 is 14.4 Å². The van der Waals surface area contributed by atoms with Crippen LogP contribution in [0.25, 0.3) is 0 Å². The number of amides is 3. The molecule has 3 N–H and O–H groups in total. The van der Waals surface area contributed by atoms with Gasteiger partial charge in [0.15, 0.2) is 4.99 Å². The van der Waals surface area contributed by atoms with Crippen LogP contribution in [0.4, 0.5) is 5.82 Å². The molecule has 0 spiro atoms. The Labute approximate surface area is 226 Å². The molecule has 3 heterocycles. The first-order chi connectivity index (χ1) is 17.6. The molecule has 37 heavy (non-hydrogen) atoms. The van der Waals surface area contributed by atoms with E-state index >= 15 is 0 Å². The molecule has 0 aromatic carbocycles. The Bertz CT molecular complexity index is 1210. The predicted octanol–water partition coefficient (Wildman–Crippen LogP) is 1.99. The van der Waals surface area contributed by atoms with Crippen molar-refractivity contribution >= 4 is 52.3 Å². The van der Waals surface area contributed by atoms with E-state index in [1.54, 1.807) is 37.3 Å². The number of carbonyl (C=O) groups excluding carboxylic acids is 3. The van der Waals surface area contributed by atoms with E-state index in [1.807, 2.05) is 13.1 Å². The molecule has 10 nitrogen and oxygen atoms in total. The fourth-order valence-corrected chi connectivity index (χ4v) is 5.08. The van der Waals surface area contributed by atoms with Crippen molar-refractivity contribution in [3.8, 4) is 0 Å². The second-order valence-electron chi connectivity index (χ2n) is 9.73. The second kappa shape index (κ2) is 11.5. The molecular formula is C25H30ClN7O3S. The first-order valence-electron chi connectivity index (χ1n) is 12.0. The quantitative estimate of drug-likeness (QED) is 0.490. The first-order valence-corrected chi connectivity index (χ1v) is 12.8. The van der Waals surface area contributed by atoms with Crippen molar-refractivity contribution in [3.63, 3.8) is 0 Å². The van der Waals surface area contributed by atoms with Crippen LogP contribution in [-0.2, 0) is 22.7 Å². The van der Waals surface area contributed by atoms with Crippen LogP contribution in [0.3, 0.4) is 0 Å². The van der Waals surface area contributed by atoms with Crippen LogP contribution in [0.5, 0.6) is 0 Å². The maximum absolute atomic E-state index is 13.2. The summed E-state index contributed by atoms with van der Waals surface area (Å²) in [7, 11) is 5.45. The summed E-state index contributed by atoms with van der Waals surface area (Å²) in [5.74, 6) is -0.776. The lowest BCUT2D eigenvalue weighted by atomic mass is 9.81. The fraction of sp³-hybridized carbons (Fsp3) is 0.440. The molecule has 1 aliphatic heterocycles. The minimum absolute atomic E-state index is 0.00512. The van der Waals surface area contributed by atoms with Crippen LogP contribution in [0.2, 0.25) is 5.02 Å². The molecule has 2 aromatic heterocycles. The molecule has 0 unspecified atom stereocenters. The zero-order chi connectivity index (χ0) is 26.7. The Kier molecular flexibility index (Phi) is 8.35. The normalized spacial score (nSPS) is 21.0. The van der Waals surface area contributed by atoms with Gasteiger partial charge in [-0.05, 0) is 55.6 Å². The molecule has 3 amide bonds. The van der Waals surface area contributed by atoms with Crippen LogP contribution < -0.4 is 16.0 Å². The van der Waals surface area contributed by atoms with Crippen LogP contribution in [0.15, 0.2) is 30.6 Å². The Morgan fingerprint density at radius 1 is 1.05 bits per heavy atom. The number of hydrogen-bond donors (Lipinski definition) is 3. The third kappa shape index (κ3) is 6.60. The highest BCUT2D eigenvalue weighted by atomic mass is 35.5. The number of anilines is 1. The summed E-state index contributed by atoms with van der Waals surface area (Å²) in [6, 6.07) is 4.23. The van der Waals surface area contributed by atoms with Crippen LogP contribution in [-0.4, -0.2) is 75.7 Å². The van der Waals surface area contributed by atoms with Crippen molar-refractivity contribution in [2.45, 2.75) is 44.4 Å². The first kappa shape index (κ1) is 26.9. The van der Waals surface area contributed by atoms with E-state index in [0.717, 1.165) is 24.2 Å². The monoisotopic (exact) mass is 543 g/mol. The number of thiocarbonyl (C=S) groups is 1. The lowest BCUT2D eigenvalue weighted by Gasteiger charge is -2.37. The highest BCUT2D eigenvalue weighted by Gasteiger charge is 2.36. The molecule has 3 atom stereocenters. The summed E-state index contributed by atoms with van der Waals surface area (Å²) in [4.78, 5) is 50.6. The number of nitrogens with one attached hydrogen (secondary N) is 3. The summed E-state index contributed by atoms with van der Waals surface area (Å²) in [5.41, 5.74) is 2.51. The van der Waals surface area contributed by atoms with Crippen molar-refractivity contribution in [2.75, 3.05) is 26.5 Å². The maximum Gasteiger partial charge on any atom is 0.284 e. The van der Waals surface area contributed by atoms with Gasteiger partial charge in [0.2, 0.25) is 5.91 Å². The van der Waals surface area contributed by atoms with Gasteiger partial charge in [-0.1, -0.05) is 23.8 Å². The molecular weight excluding hydrogens is 514 g/mol. The van der Waals surface area contributed by atoms with Crippen molar-refractivity contribution in [1.29, 1.82) is 0 Å². The van der Waals surface area contributed by atoms with Gasteiger partial charge in [0.05, 0.1) is 11.1 Å². The molecule has 0 saturated heterocycles. The lowest BCUT2D eigenvalue weighted by Crippen LogP contribution is -2.57. The number of halogens is 1. The summed E-state index contributed by atoms with van der Waals surface area (Å²) in [5, 5.41) is 9.22. The third-order valence-electron chi connectivity index (χ3n) is 6.64. The van der Waals surface area contributed by atoms with Gasteiger partial charge in [0.1, 0.15) is 11.5 Å². The van der Waals surface area contributed by atoms with Crippen molar-refractivity contribution in [1.82, 2.24) is 30.4 Å². The molecule has 12 heteroatoms. The van der Waals surface area contributed by atoms with Crippen LogP contribution in [0.1, 0.15) is 40.9 Å². The number of carbonyl (C=O) groups is 3. The lowest BCUT2D eigenvalue weighted by molar-refractivity contribution is -0.134. The molecule has 1 aliphatic carbocycles. The maximum atomic E-state index is 13.2. The van der Waals surface area contributed by atoms with Gasteiger partial charge in [-0.2, -0.15) is 0 Å². The largest absolute Gasteiger partial charge is 0.367 e. The molecule has 2 aliphatic rings. The van der Waals surface area contributed by atoms with E-state index in [9.17, 15) is 14.4 Å². The van der Waals surface area contributed by atoms with Gasteiger partial charge in [0, 0.05) is 51.5 Å². The van der Waals surface area contributed by atoms with E-state index in [-0.39, 0.29) is 28.8 Å². The summed E-state index contributed by atoms with van der Waals surface area (Å²) >= 11 is 11.2. The van der Waals surface area contributed by atoms with Gasteiger partial charge in [0.25, 0.3) is 11.8 Å². The van der Waals surface area contributed by atoms with Crippen molar-refractivity contribution in [3.05, 3.63) is 52.4 Å². The van der Waals surface area contributed by atoms with Gasteiger partial charge in [-0.25, -0.2) is 4.98 Å². The molecule has 1 saturated carbocycles. The molecule has 1 fully saturated rings. The molecule has 0 radical (unpaired) electrons. The zero-order valence-electron chi connectivity index (χ0n) is 21.0. The topological polar surface area (TPSA) is 120 Å². The smallest absolute Gasteiger partial charge is 0.284 e. The van der Waals surface area contributed by atoms with Crippen LogP contribution >= 0.6 is 23.8 Å². The number of hydrogen-bond acceptors (Lipinski definition) is 7. The molecule has 0 bridgehead atoms. The van der Waals surface area contributed by atoms with Gasteiger partial charge in [-0.3, -0.25) is 24.3 Å². The van der Waals surface area contributed by atoms with Crippen molar-refractivity contribution in [2.24, 2.45) is 5.92 Å². The average molecular weight is 544 g/mol. The SMILES string of the molecule is CN1Cc2cnc(C(=O)N[C@@H]3C[C@@H](C(=O)N(C)C)CC[C@@H]3NC(=S)C(=O)Nc3ccc(Cl)cn3)cc2C1. The Morgan fingerprint density at radius 3 is 2.51 bits per heavy atom. The van der Waals surface area contributed by atoms with E-state index in [1.165, 1.54) is 6.20 Å². The van der Waals surface area contributed by atoms with E-state index in [4.69, 9.17) is 23.8 Å². The van der Waals surface area contributed by atoms with E-state index in [2.05, 4.69) is 30.8 Å². The third-order valence-corrected chi connectivity index (χ3v) is 7.17. The average Bonchev–Trinajstić information content (AvgIpc) is 3.25. The Hall–Kier alpha value is -3.15. The standard InChI is InChI=1S/C25H30ClN7O3S/c1-32(2)25(36)14-4-6-18(30-24(37)23(35)31-21-7-5-17(26)11-28-21)19(8-14)29-22(34)20-9-15-12-33(3)13-16(15)10-27-20/h5,7,9-11,14,18-19H,4,6,8,12-13H2,1-3H3,(H,29,34)(H,30,37)(H,28,31,35)/t14-,18-,19+/m0/s1. The Balaban J connectivity index is 1.46. The number of nitrogens with zero attached hydrogens (tertiary/aromatic N) is 4. The van der Waals surface area contributed by atoms with Gasteiger partial charge < -0.3 is 20.9 Å². The van der Waals surface area contributed by atoms with E-state index in [0.29, 0.717) is 35.8 Å².